The Bertz CT molecular complexity index is 749. The normalized spacial score (nSPS) is 16.3. The minimum atomic E-state index is -0.272. The van der Waals surface area contributed by atoms with Crippen LogP contribution in [0, 0.1) is 0 Å². The summed E-state index contributed by atoms with van der Waals surface area (Å²) in [5.41, 5.74) is 9.13. The quantitative estimate of drug-likeness (QED) is 0.789. The number of rotatable bonds is 4. The molecule has 0 aromatic heterocycles. The van der Waals surface area contributed by atoms with E-state index in [1.165, 1.54) is 0 Å². The van der Waals surface area contributed by atoms with Gasteiger partial charge in [-0.25, -0.2) is 0 Å². The molecule has 0 aliphatic carbocycles. The summed E-state index contributed by atoms with van der Waals surface area (Å²) in [5, 5.41) is 19.8. The van der Waals surface area contributed by atoms with Crippen molar-refractivity contribution in [1.29, 1.82) is 0 Å². The van der Waals surface area contributed by atoms with Gasteiger partial charge in [-0.1, -0.05) is 41.4 Å². The molecule has 2 aromatic carbocycles. The second kappa shape index (κ2) is 6.57. The van der Waals surface area contributed by atoms with Crippen molar-refractivity contribution < 1.29 is 14.9 Å². The lowest BCUT2D eigenvalue weighted by atomic mass is 9.99. The molecule has 4 N–H and O–H groups in total. The fourth-order valence-electron chi connectivity index (χ4n) is 2.82. The lowest BCUT2D eigenvalue weighted by molar-refractivity contribution is 0.134. The zero-order chi connectivity index (χ0) is 16.6. The molecular formula is C17H17Cl2NO3. The Balaban J connectivity index is 1.94. The Morgan fingerprint density at radius 3 is 2.65 bits per heavy atom. The molecule has 1 aliphatic rings. The number of aliphatic hydroxyl groups is 1. The van der Waals surface area contributed by atoms with Crippen LogP contribution in [0.3, 0.4) is 0 Å². The highest BCUT2D eigenvalue weighted by molar-refractivity contribution is 6.43. The Morgan fingerprint density at radius 1 is 1.17 bits per heavy atom. The van der Waals surface area contributed by atoms with Gasteiger partial charge in [-0.3, -0.25) is 0 Å². The maximum absolute atomic E-state index is 9.72. The summed E-state index contributed by atoms with van der Waals surface area (Å²) < 4.78 is 5.61. The number of benzene rings is 2. The van der Waals surface area contributed by atoms with E-state index < -0.39 is 0 Å². The molecule has 1 unspecified atom stereocenters. The van der Waals surface area contributed by atoms with Crippen molar-refractivity contribution in [2.24, 2.45) is 5.73 Å². The zero-order valence-corrected chi connectivity index (χ0v) is 13.9. The molecule has 0 amide bonds. The van der Waals surface area contributed by atoms with Gasteiger partial charge in [0.1, 0.15) is 22.6 Å². The van der Waals surface area contributed by atoms with Crippen LogP contribution in [0.4, 0.5) is 0 Å². The van der Waals surface area contributed by atoms with Crippen LogP contribution >= 0.6 is 23.2 Å². The smallest absolute Gasteiger partial charge is 0.143 e. The van der Waals surface area contributed by atoms with Gasteiger partial charge in [-0.15, -0.1) is 0 Å². The standard InChI is InChI=1S/C17H17Cl2NO3/c18-15-10(3-9-1-2-14(22)12(4-9)7-20)5-11-6-13(8-21)23-17(11)16(15)19/h1-2,4-5,13,21-22H,3,6-8,20H2. The maximum Gasteiger partial charge on any atom is 0.143 e. The van der Waals surface area contributed by atoms with E-state index in [1.807, 2.05) is 18.2 Å². The van der Waals surface area contributed by atoms with Gasteiger partial charge in [0, 0.05) is 18.5 Å². The monoisotopic (exact) mass is 353 g/mol. The third kappa shape index (κ3) is 3.12. The summed E-state index contributed by atoms with van der Waals surface area (Å²) >= 11 is 12.7. The summed E-state index contributed by atoms with van der Waals surface area (Å²) in [6, 6.07) is 7.29. The zero-order valence-electron chi connectivity index (χ0n) is 12.4. The second-order valence-electron chi connectivity index (χ2n) is 5.62. The van der Waals surface area contributed by atoms with Crippen LogP contribution in [-0.2, 0) is 19.4 Å². The van der Waals surface area contributed by atoms with Gasteiger partial charge >= 0.3 is 0 Å². The summed E-state index contributed by atoms with van der Waals surface area (Å²) in [5.74, 6) is 0.751. The molecule has 1 aliphatic heterocycles. The number of aromatic hydroxyl groups is 1. The van der Waals surface area contributed by atoms with Crippen molar-refractivity contribution in [2.45, 2.75) is 25.5 Å². The number of halogens is 2. The van der Waals surface area contributed by atoms with Gasteiger partial charge in [-0.2, -0.15) is 0 Å². The van der Waals surface area contributed by atoms with Crippen molar-refractivity contribution in [1.82, 2.24) is 0 Å². The van der Waals surface area contributed by atoms with Crippen molar-refractivity contribution in [3.8, 4) is 11.5 Å². The summed E-state index contributed by atoms with van der Waals surface area (Å²) in [6.07, 6.45) is 0.911. The van der Waals surface area contributed by atoms with Crippen molar-refractivity contribution in [3.05, 3.63) is 56.6 Å². The molecule has 3 rings (SSSR count). The lowest BCUT2D eigenvalue weighted by Crippen LogP contribution is -2.17. The Labute approximate surface area is 144 Å². The van der Waals surface area contributed by atoms with Crippen LogP contribution in [-0.4, -0.2) is 22.9 Å². The van der Waals surface area contributed by atoms with E-state index in [0.717, 1.165) is 16.7 Å². The van der Waals surface area contributed by atoms with Gasteiger partial charge in [0.2, 0.25) is 0 Å². The molecule has 23 heavy (non-hydrogen) atoms. The third-order valence-electron chi connectivity index (χ3n) is 4.01. The molecule has 0 saturated heterocycles. The molecular weight excluding hydrogens is 337 g/mol. The van der Waals surface area contributed by atoms with Gasteiger partial charge in [0.25, 0.3) is 0 Å². The SMILES string of the molecule is NCc1cc(Cc2cc3c(c(Cl)c2Cl)OC(CO)C3)ccc1O. The molecule has 0 spiro atoms. The Kier molecular flexibility index (Phi) is 4.69. The van der Waals surface area contributed by atoms with E-state index in [9.17, 15) is 10.2 Å². The van der Waals surface area contributed by atoms with Crippen molar-refractivity contribution in [2.75, 3.05) is 6.61 Å². The summed E-state index contributed by atoms with van der Waals surface area (Å²) in [4.78, 5) is 0. The first-order chi connectivity index (χ1) is 11.0. The van der Waals surface area contributed by atoms with Gasteiger partial charge in [-0.05, 0) is 29.2 Å². The summed E-state index contributed by atoms with van der Waals surface area (Å²) in [7, 11) is 0. The fraction of sp³-hybridized carbons (Fsp3) is 0.294. The molecule has 0 saturated carbocycles. The van der Waals surface area contributed by atoms with Crippen LogP contribution in [0.15, 0.2) is 24.3 Å². The third-order valence-corrected chi connectivity index (χ3v) is 4.90. The van der Waals surface area contributed by atoms with Crippen molar-refractivity contribution in [3.63, 3.8) is 0 Å². The molecule has 0 radical (unpaired) electrons. The molecule has 1 atom stereocenters. The number of hydrogen-bond donors (Lipinski definition) is 3. The predicted octanol–water partition coefficient (Wildman–Crippen LogP) is 3.04. The van der Waals surface area contributed by atoms with E-state index in [0.29, 0.717) is 34.2 Å². The lowest BCUT2D eigenvalue weighted by Gasteiger charge is -2.12. The van der Waals surface area contributed by atoms with E-state index >= 15 is 0 Å². The second-order valence-corrected chi connectivity index (χ2v) is 6.38. The highest BCUT2D eigenvalue weighted by atomic mass is 35.5. The Morgan fingerprint density at radius 2 is 1.96 bits per heavy atom. The first-order valence-electron chi connectivity index (χ1n) is 7.31. The molecule has 0 bridgehead atoms. The van der Waals surface area contributed by atoms with Crippen LogP contribution in [0.25, 0.3) is 0 Å². The van der Waals surface area contributed by atoms with Crippen LogP contribution < -0.4 is 10.5 Å². The average molecular weight is 354 g/mol. The summed E-state index contributed by atoms with van der Waals surface area (Å²) in [6.45, 7) is 0.208. The van der Waals surface area contributed by atoms with Gasteiger partial charge in [0.05, 0.1) is 11.6 Å². The number of phenolic OH excluding ortho intramolecular Hbond substituents is 1. The van der Waals surface area contributed by atoms with Crippen LogP contribution in [0.5, 0.6) is 11.5 Å². The minimum absolute atomic E-state index is 0.0597. The first-order valence-corrected chi connectivity index (χ1v) is 8.07. The highest BCUT2D eigenvalue weighted by Gasteiger charge is 2.27. The van der Waals surface area contributed by atoms with E-state index in [2.05, 4.69) is 0 Å². The maximum atomic E-state index is 9.72. The number of aliphatic hydroxyl groups excluding tert-OH is 1. The molecule has 4 nitrogen and oxygen atoms in total. The Hall–Kier alpha value is -1.46. The number of fused-ring (bicyclic) bond motifs is 1. The molecule has 2 aromatic rings. The average Bonchev–Trinajstić information content (AvgIpc) is 2.97. The van der Waals surface area contributed by atoms with E-state index in [4.69, 9.17) is 33.7 Å². The van der Waals surface area contributed by atoms with E-state index in [-0.39, 0.29) is 25.0 Å². The molecule has 6 heteroatoms. The van der Waals surface area contributed by atoms with Gasteiger partial charge < -0.3 is 20.7 Å². The largest absolute Gasteiger partial charge is 0.508 e. The predicted molar refractivity (Wildman–Crippen MR) is 90.5 cm³/mol. The van der Waals surface area contributed by atoms with Crippen molar-refractivity contribution >= 4 is 23.2 Å². The molecule has 1 heterocycles. The number of nitrogens with two attached hydrogens (primary N) is 1. The van der Waals surface area contributed by atoms with Gasteiger partial charge in [0.15, 0.2) is 0 Å². The van der Waals surface area contributed by atoms with E-state index in [1.54, 1.807) is 6.07 Å². The fourth-order valence-corrected chi connectivity index (χ4v) is 3.31. The topological polar surface area (TPSA) is 75.7 Å². The first kappa shape index (κ1) is 16.4. The number of phenols is 1. The highest BCUT2D eigenvalue weighted by Crippen LogP contribution is 2.43. The number of hydrogen-bond acceptors (Lipinski definition) is 4. The van der Waals surface area contributed by atoms with Crippen LogP contribution in [0.2, 0.25) is 10.0 Å². The molecule has 122 valence electrons. The minimum Gasteiger partial charge on any atom is -0.508 e. The number of ether oxygens (including phenoxy) is 1. The molecule has 0 fully saturated rings. The van der Waals surface area contributed by atoms with Crippen LogP contribution in [0.1, 0.15) is 22.3 Å².